The number of fused-ring (bicyclic) bond motifs is 1. The molecule has 0 N–H and O–H groups in total. The number of benzene rings is 2. The van der Waals surface area contributed by atoms with Crippen molar-refractivity contribution < 1.29 is 14.0 Å². The average Bonchev–Trinajstić information content (AvgIpc) is 3.19. The number of piperazine rings is 1. The van der Waals surface area contributed by atoms with E-state index in [1.807, 2.05) is 30.3 Å². The Morgan fingerprint density at radius 3 is 2.21 bits per heavy atom. The molecule has 0 aliphatic carbocycles. The van der Waals surface area contributed by atoms with Crippen LogP contribution in [0, 0.1) is 5.82 Å². The summed E-state index contributed by atoms with van der Waals surface area (Å²) < 4.78 is 14.7. The van der Waals surface area contributed by atoms with E-state index in [2.05, 4.69) is 6.92 Å². The largest absolute Gasteiger partial charge is 0.335 e. The molecule has 2 amide bonds. The summed E-state index contributed by atoms with van der Waals surface area (Å²) in [5.74, 6) is -0.406. The van der Waals surface area contributed by atoms with Gasteiger partial charge in [0.15, 0.2) is 0 Å². The van der Waals surface area contributed by atoms with Crippen molar-refractivity contribution in [1.82, 2.24) is 9.80 Å². The first-order valence-electron chi connectivity index (χ1n) is 9.42. The van der Waals surface area contributed by atoms with Crippen LogP contribution >= 0.6 is 11.3 Å². The predicted octanol–water partition coefficient (Wildman–Crippen LogP) is 4.20. The second-order valence-corrected chi connectivity index (χ2v) is 7.98. The molecule has 144 valence electrons. The maximum atomic E-state index is 13.9. The van der Waals surface area contributed by atoms with Crippen molar-refractivity contribution >= 4 is 33.2 Å². The Kier molecular flexibility index (Phi) is 5.13. The lowest BCUT2D eigenvalue weighted by atomic mass is 10.1. The summed E-state index contributed by atoms with van der Waals surface area (Å²) >= 11 is 1.31. The third kappa shape index (κ3) is 3.52. The molecular weight excluding hydrogens is 375 g/mol. The zero-order valence-corrected chi connectivity index (χ0v) is 16.5. The van der Waals surface area contributed by atoms with Crippen LogP contribution in [0.3, 0.4) is 0 Å². The molecule has 0 unspecified atom stereocenters. The number of rotatable bonds is 3. The van der Waals surface area contributed by atoms with Gasteiger partial charge in [0, 0.05) is 41.8 Å². The van der Waals surface area contributed by atoms with Crippen molar-refractivity contribution in [2.24, 2.45) is 0 Å². The summed E-state index contributed by atoms with van der Waals surface area (Å²) in [6, 6.07) is 14.2. The molecule has 0 spiro atoms. The quantitative estimate of drug-likeness (QED) is 0.666. The Morgan fingerprint density at radius 1 is 0.964 bits per heavy atom. The third-order valence-corrected chi connectivity index (χ3v) is 6.27. The van der Waals surface area contributed by atoms with Crippen molar-refractivity contribution in [3.63, 3.8) is 0 Å². The summed E-state index contributed by atoms with van der Waals surface area (Å²) in [7, 11) is 0. The van der Waals surface area contributed by atoms with E-state index in [1.165, 1.54) is 23.0 Å². The normalized spacial score (nSPS) is 14.5. The first kappa shape index (κ1) is 18.6. The van der Waals surface area contributed by atoms with Gasteiger partial charge in [-0.15, -0.1) is 11.3 Å². The highest BCUT2D eigenvalue weighted by molar-refractivity contribution is 7.20. The minimum atomic E-state index is -0.308. The summed E-state index contributed by atoms with van der Waals surface area (Å²) in [5, 5.41) is 0.486. The molecule has 1 saturated heterocycles. The summed E-state index contributed by atoms with van der Waals surface area (Å²) in [6.45, 7) is 4.04. The van der Waals surface area contributed by atoms with Gasteiger partial charge < -0.3 is 9.80 Å². The zero-order valence-electron chi connectivity index (χ0n) is 15.7. The minimum absolute atomic E-state index is 0.00122. The number of hydrogen-bond acceptors (Lipinski definition) is 3. The van der Waals surface area contributed by atoms with Crippen LogP contribution in [-0.2, 0) is 6.42 Å². The Balaban J connectivity index is 1.42. The number of aryl methyl sites for hydroxylation is 1. The Labute approximate surface area is 167 Å². The van der Waals surface area contributed by atoms with Crippen LogP contribution in [-0.4, -0.2) is 47.8 Å². The van der Waals surface area contributed by atoms with Gasteiger partial charge in [-0.2, -0.15) is 0 Å². The second kappa shape index (κ2) is 7.72. The van der Waals surface area contributed by atoms with E-state index in [0.29, 0.717) is 42.0 Å². The van der Waals surface area contributed by atoms with E-state index < -0.39 is 0 Å². The molecular formula is C22H21FN2O2S. The molecule has 2 heterocycles. The Hall–Kier alpha value is -2.73. The Bertz CT molecular complexity index is 1020. The van der Waals surface area contributed by atoms with Gasteiger partial charge in [-0.25, -0.2) is 4.39 Å². The molecule has 4 rings (SSSR count). The minimum Gasteiger partial charge on any atom is -0.335 e. The molecule has 1 fully saturated rings. The van der Waals surface area contributed by atoms with Gasteiger partial charge in [-0.3, -0.25) is 9.59 Å². The van der Waals surface area contributed by atoms with E-state index in [0.717, 1.165) is 11.1 Å². The van der Waals surface area contributed by atoms with Gasteiger partial charge in [0.2, 0.25) is 0 Å². The number of thiophene rings is 1. The van der Waals surface area contributed by atoms with E-state index in [4.69, 9.17) is 0 Å². The molecule has 0 bridgehead atoms. The van der Waals surface area contributed by atoms with Gasteiger partial charge >= 0.3 is 0 Å². The molecule has 0 saturated carbocycles. The molecule has 1 aromatic heterocycles. The fourth-order valence-electron chi connectivity index (χ4n) is 3.46. The van der Waals surface area contributed by atoms with Crippen molar-refractivity contribution in [2.75, 3.05) is 26.2 Å². The molecule has 28 heavy (non-hydrogen) atoms. The number of carbonyl (C=O) groups is 2. The number of amides is 2. The summed E-state index contributed by atoms with van der Waals surface area (Å²) in [5.41, 5.74) is 1.88. The van der Waals surface area contributed by atoms with E-state index in [9.17, 15) is 14.0 Å². The van der Waals surface area contributed by atoms with E-state index in [-0.39, 0.29) is 17.6 Å². The van der Waals surface area contributed by atoms with Crippen molar-refractivity contribution in [3.05, 3.63) is 70.4 Å². The van der Waals surface area contributed by atoms with Crippen LogP contribution in [0.4, 0.5) is 4.39 Å². The lowest BCUT2D eigenvalue weighted by molar-refractivity contribution is 0.0538. The molecule has 0 atom stereocenters. The lowest BCUT2D eigenvalue weighted by Gasteiger charge is -2.34. The second-order valence-electron chi connectivity index (χ2n) is 6.90. The van der Waals surface area contributed by atoms with E-state index in [1.54, 1.807) is 21.9 Å². The maximum Gasteiger partial charge on any atom is 0.264 e. The van der Waals surface area contributed by atoms with Crippen LogP contribution in [0.25, 0.3) is 10.1 Å². The Morgan fingerprint density at radius 2 is 1.61 bits per heavy atom. The predicted molar refractivity (Wildman–Crippen MR) is 109 cm³/mol. The highest BCUT2D eigenvalue weighted by atomic mass is 32.1. The van der Waals surface area contributed by atoms with Gasteiger partial charge in [0.05, 0.1) is 4.88 Å². The van der Waals surface area contributed by atoms with Crippen molar-refractivity contribution in [1.29, 1.82) is 0 Å². The summed E-state index contributed by atoms with van der Waals surface area (Å²) in [4.78, 5) is 29.6. The van der Waals surface area contributed by atoms with Gasteiger partial charge in [-0.1, -0.05) is 25.1 Å². The SMILES string of the molecule is CCc1ccc(C(=O)N2CCN(C(=O)c3cc4c(F)cccc4s3)CC2)cc1. The highest BCUT2D eigenvalue weighted by Crippen LogP contribution is 2.28. The third-order valence-electron chi connectivity index (χ3n) is 5.18. The molecule has 1 aliphatic heterocycles. The fraction of sp³-hybridized carbons (Fsp3) is 0.273. The fourth-order valence-corrected chi connectivity index (χ4v) is 4.51. The maximum absolute atomic E-state index is 13.9. The molecule has 3 aromatic rings. The van der Waals surface area contributed by atoms with Gasteiger partial charge in [0.1, 0.15) is 5.82 Å². The molecule has 0 radical (unpaired) electrons. The zero-order chi connectivity index (χ0) is 19.7. The average molecular weight is 396 g/mol. The van der Waals surface area contributed by atoms with Crippen LogP contribution in [0.1, 0.15) is 32.5 Å². The standard InChI is InChI=1S/C22H21FN2O2S/c1-2-15-6-8-16(9-7-15)21(26)24-10-12-25(13-11-24)22(27)20-14-17-18(23)4-3-5-19(17)28-20/h3-9,14H,2,10-13H2,1H3. The molecule has 4 nitrogen and oxygen atoms in total. The number of nitrogens with zero attached hydrogens (tertiary/aromatic N) is 2. The summed E-state index contributed by atoms with van der Waals surface area (Å²) in [6.07, 6.45) is 0.941. The smallest absolute Gasteiger partial charge is 0.264 e. The van der Waals surface area contributed by atoms with E-state index >= 15 is 0 Å². The highest BCUT2D eigenvalue weighted by Gasteiger charge is 2.26. The topological polar surface area (TPSA) is 40.6 Å². The first-order chi connectivity index (χ1) is 13.6. The first-order valence-corrected chi connectivity index (χ1v) is 10.2. The molecule has 1 aliphatic rings. The van der Waals surface area contributed by atoms with Crippen LogP contribution in [0.5, 0.6) is 0 Å². The van der Waals surface area contributed by atoms with Crippen LogP contribution in [0.15, 0.2) is 48.5 Å². The van der Waals surface area contributed by atoms with Crippen molar-refractivity contribution in [3.8, 4) is 0 Å². The molecule has 2 aromatic carbocycles. The number of halogens is 1. The lowest BCUT2D eigenvalue weighted by Crippen LogP contribution is -2.50. The molecule has 6 heteroatoms. The van der Waals surface area contributed by atoms with Crippen LogP contribution in [0.2, 0.25) is 0 Å². The number of hydrogen-bond donors (Lipinski definition) is 0. The van der Waals surface area contributed by atoms with Gasteiger partial charge in [0.25, 0.3) is 11.8 Å². The number of carbonyl (C=O) groups excluding carboxylic acids is 2. The van der Waals surface area contributed by atoms with Crippen LogP contribution < -0.4 is 0 Å². The van der Waals surface area contributed by atoms with Crippen molar-refractivity contribution in [2.45, 2.75) is 13.3 Å². The van der Waals surface area contributed by atoms with Gasteiger partial charge in [-0.05, 0) is 42.3 Å². The monoisotopic (exact) mass is 396 g/mol.